The van der Waals surface area contributed by atoms with Crippen LogP contribution >= 0.6 is 0 Å². The van der Waals surface area contributed by atoms with Gasteiger partial charge in [-0.2, -0.15) is 13.2 Å². The van der Waals surface area contributed by atoms with Gasteiger partial charge < -0.3 is 15.0 Å². The van der Waals surface area contributed by atoms with Crippen LogP contribution in [0.3, 0.4) is 0 Å². The molecular formula is C12H16F3N5. The van der Waals surface area contributed by atoms with Gasteiger partial charge in [-0.15, -0.1) is 0 Å². The van der Waals surface area contributed by atoms with Crippen molar-refractivity contribution in [2.75, 3.05) is 24.2 Å². The fraction of sp³-hybridized carbons (Fsp3) is 0.500. The molecule has 0 saturated heterocycles. The number of imidazole rings is 1. The van der Waals surface area contributed by atoms with Crippen LogP contribution in [-0.2, 0) is 0 Å². The smallest absolute Gasteiger partial charge is 0.372 e. The zero-order chi connectivity index (χ0) is 14.6. The average Bonchev–Trinajstić information content (AvgIpc) is 2.84. The van der Waals surface area contributed by atoms with Crippen LogP contribution in [0.1, 0.15) is 19.3 Å². The van der Waals surface area contributed by atoms with Crippen molar-refractivity contribution in [3.05, 3.63) is 18.6 Å². The molecule has 0 amide bonds. The molecule has 0 saturated carbocycles. The van der Waals surface area contributed by atoms with E-state index in [0.29, 0.717) is 30.2 Å². The summed E-state index contributed by atoms with van der Waals surface area (Å²) in [5, 5.41) is 5.96. The maximum atomic E-state index is 12.0. The summed E-state index contributed by atoms with van der Waals surface area (Å²) in [6, 6.07) is 0. The molecule has 0 aromatic carbocycles. The Morgan fingerprint density at radius 3 is 2.80 bits per heavy atom. The molecule has 8 heteroatoms. The molecule has 20 heavy (non-hydrogen) atoms. The lowest BCUT2D eigenvalue weighted by Crippen LogP contribution is -2.10. The van der Waals surface area contributed by atoms with Crippen LogP contribution in [0.2, 0.25) is 0 Å². The van der Waals surface area contributed by atoms with Crippen molar-refractivity contribution in [1.29, 1.82) is 0 Å². The maximum absolute atomic E-state index is 12.0. The van der Waals surface area contributed by atoms with E-state index in [-0.39, 0.29) is 6.42 Å². The van der Waals surface area contributed by atoms with Gasteiger partial charge in [0, 0.05) is 32.4 Å². The first kappa shape index (κ1) is 14.4. The van der Waals surface area contributed by atoms with Crippen molar-refractivity contribution < 1.29 is 13.2 Å². The van der Waals surface area contributed by atoms with E-state index in [1.54, 1.807) is 30.0 Å². The van der Waals surface area contributed by atoms with Crippen molar-refractivity contribution in [3.8, 4) is 0 Å². The highest BCUT2D eigenvalue weighted by molar-refractivity contribution is 5.65. The number of nitrogens with zero attached hydrogens (tertiary/aromatic N) is 3. The SMILES string of the molecule is CNc1cn2ccnc2c(NCCCCC(F)(F)F)n1. The number of hydrogen-bond acceptors (Lipinski definition) is 4. The first-order chi connectivity index (χ1) is 9.49. The summed E-state index contributed by atoms with van der Waals surface area (Å²) in [6.07, 6.45) is 0.915. The first-order valence-electron chi connectivity index (χ1n) is 6.32. The van der Waals surface area contributed by atoms with Crippen LogP contribution in [0.4, 0.5) is 24.8 Å². The van der Waals surface area contributed by atoms with Crippen molar-refractivity contribution in [2.24, 2.45) is 0 Å². The van der Waals surface area contributed by atoms with Crippen LogP contribution in [0.5, 0.6) is 0 Å². The summed E-state index contributed by atoms with van der Waals surface area (Å²) < 4.78 is 37.9. The normalized spacial score (nSPS) is 11.8. The van der Waals surface area contributed by atoms with Crippen LogP contribution < -0.4 is 10.6 Å². The Bertz CT molecular complexity index is 564. The zero-order valence-corrected chi connectivity index (χ0v) is 11.0. The molecule has 0 unspecified atom stereocenters. The fourth-order valence-electron chi connectivity index (χ4n) is 1.83. The van der Waals surface area contributed by atoms with Gasteiger partial charge in [0.2, 0.25) is 0 Å². The highest BCUT2D eigenvalue weighted by Gasteiger charge is 2.25. The minimum atomic E-state index is -4.08. The highest BCUT2D eigenvalue weighted by Crippen LogP contribution is 2.22. The minimum Gasteiger partial charge on any atom is -0.372 e. The Morgan fingerprint density at radius 2 is 2.10 bits per heavy atom. The summed E-state index contributed by atoms with van der Waals surface area (Å²) >= 11 is 0. The van der Waals surface area contributed by atoms with E-state index >= 15 is 0 Å². The van der Waals surface area contributed by atoms with E-state index in [4.69, 9.17) is 0 Å². The largest absolute Gasteiger partial charge is 0.389 e. The van der Waals surface area contributed by atoms with Crippen molar-refractivity contribution in [2.45, 2.75) is 25.4 Å². The zero-order valence-electron chi connectivity index (χ0n) is 11.0. The first-order valence-corrected chi connectivity index (χ1v) is 6.32. The van der Waals surface area contributed by atoms with E-state index in [1.807, 2.05) is 0 Å². The number of halogens is 3. The van der Waals surface area contributed by atoms with E-state index in [0.717, 1.165) is 0 Å². The maximum Gasteiger partial charge on any atom is 0.389 e. The molecule has 0 fully saturated rings. The van der Waals surface area contributed by atoms with Gasteiger partial charge in [-0.25, -0.2) is 9.97 Å². The molecule has 2 aromatic rings. The fourth-order valence-corrected chi connectivity index (χ4v) is 1.83. The number of aromatic nitrogens is 3. The van der Waals surface area contributed by atoms with Gasteiger partial charge in [0.05, 0.1) is 6.20 Å². The third kappa shape index (κ3) is 3.75. The average molecular weight is 287 g/mol. The molecule has 0 bridgehead atoms. The van der Waals surface area contributed by atoms with Gasteiger partial charge in [-0.1, -0.05) is 0 Å². The van der Waals surface area contributed by atoms with Crippen molar-refractivity contribution in [1.82, 2.24) is 14.4 Å². The Labute approximate surface area is 114 Å². The molecular weight excluding hydrogens is 271 g/mol. The van der Waals surface area contributed by atoms with Gasteiger partial charge in [-0.05, 0) is 12.8 Å². The van der Waals surface area contributed by atoms with Gasteiger partial charge in [0.1, 0.15) is 5.82 Å². The molecule has 0 aliphatic rings. The summed E-state index contributed by atoms with van der Waals surface area (Å²) in [6.45, 7) is 0.429. The highest BCUT2D eigenvalue weighted by atomic mass is 19.4. The summed E-state index contributed by atoms with van der Waals surface area (Å²) in [5.74, 6) is 1.22. The lowest BCUT2D eigenvalue weighted by Gasteiger charge is -2.10. The molecule has 0 atom stereocenters. The predicted molar refractivity (Wildman–Crippen MR) is 70.9 cm³/mol. The second-order valence-corrected chi connectivity index (χ2v) is 4.38. The standard InChI is InChI=1S/C12H16F3N5/c1-16-9-8-20-7-6-18-11(20)10(19-9)17-5-3-2-4-12(13,14)15/h6-8,16H,2-5H2,1H3,(H,17,19). The van der Waals surface area contributed by atoms with E-state index in [9.17, 15) is 13.2 Å². The summed E-state index contributed by atoms with van der Waals surface area (Å²) in [4.78, 5) is 8.47. The molecule has 0 spiro atoms. The molecule has 0 aliphatic carbocycles. The molecule has 110 valence electrons. The van der Waals surface area contributed by atoms with E-state index in [2.05, 4.69) is 20.6 Å². The second kappa shape index (κ2) is 5.98. The molecule has 2 heterocycles. The molecule has 2 aromatic heterocycles. The predicted octanol–water partition coefficient (Wildman–Crippen LogP) is 2.92. The number of anilines is 2. The lowest BCUT2D eigenvalue weighted by molar-refractivity contribution is -0.135. The Balaban J connectivity index is 1.94. The third-order valence-electron chi connectivity index (χ3n) is 2.81. The van der Waals surface area contributed by atoms with Crippen LogP contribution in [0, 0.1) is 0 Å². The van der Waals surface area contributed by atoms with Gasteiger partial charge in [0.25, 0.3) is 0 Å². The molecule has 0 aliphatic heterocycles. The Morgan fingerprint density at radius 1 is 1.30 bits per heavy atom. The van der Waals surface area contributed by atoms with Gasteiger partial charge >= 0.3 is 6.18 Å². The molecule has 2 N–H and O–H groups in total. The van der Waals surface area contributed by atoms with Gasteiger partial charge in [-0.3, -0.25) is 0 Å². The van der Waals surface area contributed by atoms with Gasteiger partial charge in [0.15, 0.2) is 11.5 Å². The number of nitrogens with one attached hydrogen (secondary N) is 2. The number of fused-ring (bicyclic) bond motifs is 1. The van der Waals surface area contributed by atoms with Crippen molar-refractivity contribution >= 4 is 17.3 Å². The lowest BCUT2D eigenvalue weighted by atomic mass is 10.2. The van der Waals surface area contributed by atoms with Crippen LogP contribution in [0.25, 0.3) is 5.65 Å². The van der Waals surface area contributed by atoms with E-state index in [1.165, 1.54) is 0 Å². The minimum absolute atomic E-state index is 0.104. The monoisotopic (exact) mass is 287 g/mol. The quantitative estimate of drug-likeness (QED) is 0.802. The summed E-state index contributed by atoms with van der Waals surface area (Å²) in [5.41, 5.74) is 0.653. The topological polar surface area (TPSA) is 54.2 Å². The third-order valence-corrected chi connectivity index (χ3v) is 2.81. The Hall–Kier alpha value is -1.99. The molecule has 5 nitrogen and oxygen atoms in total. The van der Waals surface area contributed by atoms with E-state index < -0.39 is 12.6 Å². The molecule has 0 radical (unpaired) electrons. The number of unbranched alkanes of at least 4 members (excludes halogenated alkanes) is 1. The number of hydrogen-bond donors (Lipinski definition) is 2. The van der Waals surface area contributed by atoms with Crippen LogP contribution in [0.15, 0.2) is 18.6 Å². The summed E-state index contributed by atoms with van der Waals surface area (Å²) in [7, 11) is 1.75. The molecule has 2 rings (SSSR count). The Kier molecular flexibility index (Phi) is 4.31. The number of alkyl halides is 3. The van der Waals surface area contributed by atoms with Crippen LogP contribution in [-0.4, -0.2) is 34.1 Å². The number of rotatable bonds is 6. The van der Waals surface area contributed by atoms with Crippen molar-refractivity contribution in [3.63, 3.8) is 0 Å². The second-order valence-electron chi connectivity index (χ2n) is 4.38.